The zero-order chi connectivity index (χ0) is 13.7. The lowest BCUT2D eigenvalue weighted by Crippen LogP contribution is -2.31. The Labute approximate surface area is 111 Å². The maximum atomic E-state index is 12.1. The molecule has 1 aromatic carbocycles. The molecule has 2 heteroatoms. The van der Waals surface area contributed by atoms with Gasteiger partial charge in [0.1, 0.15) is 0 Å². The van der Waals surface area contributed by atoms with Crippen LogP contribution in [0.15, 0.2) is 24.3 Å². The van der Waals surface area contributed by atoms with E-state index in [2.05, 4.69) is 27.7 Å². The molecule has 18 heavy (non-hydrogen) atoms. The van der Waals surface area contributed by atoms with Crippen molar-refractivity contribution in [1.82, 2.24) is 0 Å². The number of hydrogen-bond acceptors (Lipinski definition) is 2. The molecule has 0 amide bonds. The molecule has 0 fully saturated rings. The van der Waals surface area contributed by atoms with Gasteiger partial charge in [0.15, 0.2) is 5.78 Å². The summed E-state index contributed by atoms with van der Waals surface area (Å²) in [5, 5.41) is 0. The SMILES string of the molecule is CCC(C)c1ccc(C(=O)C(N)CC(C)C)cc1. The first-order chi connectivity index (χ1) is 8.45. The highest BCUT2D eigenvalue weighted by atomic mass is 16.1. The molecule has 0 spiro atoms. The van der Waals surface area contributed by atoms with Crippen molar-refractivity contribution in [3.63, 3.8) is 0 Å². The third kappa shape index (κ3) is 3.95. The van der Waals surface area contributed by atoms with Crippen LogP contribution in [0.3, 0.4) is 0 Å². The summed E-state index contributed by atoms with van der Waals surface area (Å²) in [6.07, 6.45) is 1.85. The summed E-state index contributed by atoms with van der Waals surface area (Å²) in [6, 6.07) is 7.53. The molecule has 0 radical (unpaired) electrons. The van der Waals surface area contributed by atoms with Gasteiger partial charge in [-0.05, 0) is 30.2 Å². The van der Waals surface area contributed by atoms with Gasteiger partial charge in [-0.25, -0.2) is 0 Å². The highest BCUT2D eigenvalue weighted by Crippen LogP contribution is 2.19. The highest BCUT2D eigenvalue weighted by molar-refractivity contribution is 5.99. The molecule has 0 saturated carbocycles. The Balaban J connectivity index is 2.75. The first kappa shape index (κ1) is 14.9. The molecule has 0 heterocycles. The van der Waals surface area contributed by atoms with Crippen molar-refractivity contribution in [2.24, 2.45) is 11.7 Å². The second-order valence-electron chi connectivity index (χ2n) is 5.53. The van der Waals surface area contributed by atoms with E-state index in [1.165, 1.54) is 5.56 Å². The Morgan fingerprint density at radius 3 is 2.17 bits per heavy atom. The van der Waals surface area contributed by atoms with E-state index in [1.807, 2.05) is 24.3 Å². The van der Waals surface area contributed by atoms with Gasteiger partial charge in [-0.15, -0.1) is 0 Å². The Morgan fingerprint density at radius 1 is 1.17 bits per heavy atom. The number of hydrogen-bond donors (Lipinski definition) is 1. The van der Waals surface area contributed by atoms with Gasteiger partial charge in [0.05, 0.1) is 6.04 Å². The zero-order valence-electron chi connectivity index (χ0n) is 11.9. The van der Waals surface area contributed by atoms with Crippen LogP contribution in [-0.4, -0.2) is 11.8 Å². The summed E-state index contributed by atoms with van der Waals surface area (Å²) in [5.41, 5.74) is 7.94. The predicted octanol–water partition coefficient (Wildman–Crippen LogP) is 3.76. The number of carbonyl (C=O) groups is 1. The molecule has 2 atom stereocenters. The van der Waals surface area contributed by atoms with Gasteiger partial charge in [-0.3, -0.25) is 4.79 Å². The van der Waals surface area contributed by atoms with Crippen molar-refractivity contribution >= 4 is 5.78 Å². The molecular formula is C16H25NO. The molecule has 1 aromatic rings. The first-order valence-electron chi connectivity index (χ1n) is 6.85. The van der Waals surface area contributed by atoms with Crippen LogP contribution in [0, 0.1) is 5.92 Å². The Morgan fingerprint density at radius 2 is 1.72 bits per heavy atom. The number of benzene rings is 1. The molecule has 2 N–H and O–H groups in total. The molecule has 2 nitrogen and oxygen atoms in total. The number of rotatable bonds is 6. The average Bonchev–Trinajstić information content (AvgIpc) is 2.36. The van der Waals surface area contributed by atoms with E-state index >= 15 is 0 Å². The standard InChI is InChI=1S/C16H25NO/c1-5-12(4)13-6-8-14(9-7-13)16(18)15(17)10-11(2)3/h6-9,11-12,15H,5,10,17H2,1-4H3. The van der Waals surface area contributed by atoms with Crippen molar-refractivity contribution in [3.8, 4) is 0 Å². The van der Waals surface area contributed by atoms with Crippen LogP contribution in [0.5, 0.6) is 0 Å². The third-order valence-electron chi connectivity index (χ3n) is 3.44. The molecule has 1 rings (SSSR count). The topological polar surface area (TPSA) is 43.1 Å². The molecule has 0 aliphatic rings. The van der Waals surface area contributed by atoms with Crippen LogP contribution < -0.4 is 5.73 Å². The molecule has 2 unspecified atom stereocenters. The van der Waals surface area contributed by atoms with Crippen LogP contribution in [0.4, 0.5) is 0 Å². The summed E-state index contributed by atoms with van der Waals surface area (Å²) < 4.78 is 0. The lowest BCUT2D eigenvalue weighted by Gasteiger charge is -2.14. The van der Waals surface area contributed by atoms with E-state index in [0.29, 0.717) is 11.8 Å². The van der Waals surface area contributed by atoms with Gasteiger partial charge in [-0.1, -0.05) is 52.0 Å². The van der Waals surface area contributed by atoms with Crippen molar-refractivity contribution in [2.75, 3.05) is 0 Å². The van der Waals surface area contributed by atoms with Gasteiger partial charge >= 0.3 is 0 Å². The molecule has 0 aliphatic carbocycles. The average molecular weight is 247 g/mol. The van der Waals surface area contributed by atoms with E-state index < -0.39 is 0 Å². The second kappa shape index (κ2) is 6.69. The van der Waals surface area contributed by atoms with Crippen LogP contribution in [0.1, 0.15) is 62.4 Å². The molecular weight excluding hydrogens is 222 g/mol. The molecule has 0 aliphatic heterocycles. The quantitative estimate of drug-likeness (QED) is 0.778. The Hall–Kier alpha value is -1.15. The lowest BCUT2D eigenvalue weighted by atomic mass is 9.93. The first-order valence-corrected chi connectivity index (χ1v) is 6.85. The third-order valence-corrected chi connectivity index (χ3v) is 3.44. The van der Waals surface area contributed by atoms with E-state index in [4.69, 9.17) is 5.73 Å². The Kier molecular flexibility index (Phi) is 5.54. The molecule has 0 bridgehead atoms. The maximum absolute atomic E-state index is 12.1. The normalized spacial score (nSPS) is 14.6. The fourth-order valence-electron chi connectivity index (χ4n) is 2.04. The van der Waals surface area contributed by atoms with E-state index in [0.717, 1.165) is 18.4 Å². The summed E-state index contributed by atoms with van der Waals surface area (Å²) in [5.74, 6) is 1.04. The number of ketones is 1. The summed E-state index contributed by atoms with van der Waals surface area (Å²) in [6.45, 7) is 8.53. The van der Waals surface area contributed by atoms with E-state index in [-0.39, 0.29) is 11.8 Å². The van der Waals surface area contributed by atoms with Crippen molar-refractivity contribution < 1.29 is 4.79 Å². The van der Waals surface area contributed by atoms with Crippen LogP contribution >= 0.6 is 0 Å². The number of nitrogens with two attached hydrogens (primary N) is 1. The smallest absolute Gasteiger partial charge is 0.179 e. The minimum Gasteiger partial charge on any atom is -0.321 e. The summed E-state index contributed by atoms with van der Waals surface area (Å²) in [7, 11) is 0. The largest absolute Gasteiger partial charge is 0.321 e. The minimum atomic E-state index is -0.376. The summed E-state index contributed by atoms with van der Waals surface area (Å²) >= 11 is 0. The van der Waals surface area contributed by atoms with Crippen molar-refractivity contribution in [2.45, 2.75) is 52.5 Å². The number of Topliss-reactive ketones (excluding diaryl/α,β-unsaturated/α-hetero) is 1. The van der Waals surface area contributed by atoms with Crippen LogP contribution in [-0.2, 0) is 0 Å². The lowest BCUT2D eigenvalue weighted by molar-refractivity contribution is 0.0951. The predicted molar refractivity (Wildman–Crippen MR) is 76.9 cm³/mol. The van der Waals surface area contributed by atoms with Gasteiger partial charge in [-0.2, -0.15) is 0 Å². The second-order valence-corrected chi connectivity index (χ2v) is 5.53. The minimum absolute atomic E-state index is 0.0550. The Bertz CT molecular complexity index is 381. The summed E-state index contributed by atoms with van der Waals surface area (Å²) in [4.78, 5) is 12.1. The fraction of sp³-hybridized carbons (Fsp3) is 0.562. The molecule has 0 aromatic heterocycles. The monoisotopic (exact) mass is 247 g/mol. The van der Waals surface area contributed by atoms with Crippen molar-refractivity contribution in [1.29, 1.82) is 0 Å². The van der Waals surface area contributed by atoms with Gasteiger partial charge in [0, 0.05) is 5.56 Å². The van der Waals surface area contributed by atoms with E-state index in [1.54, 1.807) is 0 Å². The van der Waals surface area contributed by atoms with Crippen molar-refractivity contribution in [3.05, 3.63) is 35.4 Å². The maximum Gasteiger partial charge on any atom is 0.179 e. The number of carbonyl (C=O) groups excluding carboxylic acids is 1. The fourth-order valence-corrected chi connectivity index (χ4v) is 2.04. The molecule has 0 saturated heterocycles. The van der Waals surface area contributed by atoms with Crippen LogP contribution in [0.25, 0.3) is 0 Å². The van der Waals surface area contributed by atoms with Gasteiger partial charge < -0.3 is 5.73 Å². The van der Waals surface area contributed by atoms with E-state index in [9.17, 15) is 4.79 Å². The molecule has 100 valence electrons. The highest BCUT2D eigenvalue weighted by Gasteiger charge is 2.17. The van der Waals surface area contributed by atoms with Gasteiger partial charge in [0.25, 0.3) is 0 Å². The van der Waals surface area contributed by atoms with Crippen LogP contribution in [0.2, 0.25) is 0 Å². The zero-order valence-corrected chi connectivity index (χ0v) is 11.9. The van der Waals surface area contributed by atoms with Gasteiger partial charge in [0.2, 0.25) is 0 Å².